The van der Waals surface area contributed by atoms with Gasteiger partial charge in [-0.3, -0.25) is 0 Å². The summed E-state index contributed by atoms with van der Waals surface area (Å²) in [6.07, 6.45) is 2.12. The van der Waals surface area contributed by atoms with E-state index in [1.54, 1.807) is 12.0 Å². The number of nitrogens with one attached hydrogen (secondary N) is 1. The maximum Gasteiger partial charge on any atom is 0.410 e. The molecule has 0 aromatic heterocycles. The van der Waals surface area contributed by atoms with E-state index in [0.717, 1.165) is 47.5 Å². The normalized spacial score (nSPS) is 19.7. The number of rotatable bonds is 6. The number of hydrogen-bond acceptors (Lipinski definition) is 6. The minimum Gasteiger partial charge on any atom is -0.598 e. The van der Waals surface area contributed by atoms with Crippen molar-refractivity contribution >= 4 is 17.5 Å². The highest BCUT2D eigenvalue weighted by Gasteiger charge is 2.52. The van der Waals surface area contributed by atoms with Gasteiger partial charge in [0.05, 0.1) is 13.2 Å². The molecule has 8 heteroatoms. The Morgan fingerprint density at radius 3 is 2.32 bits per heavy atom. The molecule has 1 saturated heterocycles. The number of nitrogens with zero attached hydrogens (tertiary/aromatic N) is 1. The number of likely N-dealkylation sites (tertiary alicyclic amines) is 1. The number of hydrogen-bond donors (Lipinski definition) is 1. The third kappa shape index (κ3) is 6.41. The monoisotopic (exact) mass is 542 g/mol. The van der Waals surface area contributed by atoms with Crippen LogP contribution in [0.4, 0.5) is 4.79 Å². The summed E-state index contributed by atoms with van der Waals surface area (Å²) in [4.78, 5) is 14.6. The summed E-state index contributed by atoms with van der Waals surface area (Å²) in [5.74, 6) is 1.67. The highest BCUT2D eigenvalue weighted by atomic mass is 32.2. The third-order valence-electron chi connectivity index (χ3n) is 7.37. The molecule has 4 rings (SSSR count). The number of piperidine rings is 1. The van der Waals surface area contributed by atoms with Crippen LogP contribution in [0.3, 0.4) is 0 Å². The van der Waals surface area contributed by atoms with Gasteiger partial charge in [-0.15, -0.1) is 4.72 Å². The fourth-order valence-corrected chi connectivity index (χ4v) is 6.19. The van der Waals surface area contributed by atoms with Crippen molar-refractivity contribution in [2.75, 3.05) is 20.2 Å². The van der Waals surface area contributed by atoms with E-state index in [0.29, 0.717) is 19.7 Å². The van der Waals surface area contributed by atoms with Crippen LogP contribution in [-0.4, -0.2) is 46.1 Å². The minimum atomic E-state index is -1.24. The van der Waals surface area contributed by atoms with Gasteiger partial charge in [0.1, 0.15) is 28.5 Å². The van der Waals surface area contributed by atoms with Crippen molar-refractivity contribution in [1.29, 1.82) is 0 Å². The smallest absolute Gasteiger partial charge is 0.410 e. The molecule has 38 heavy (non-hydrogen) atoms. The van der Waals surface area contributed by atoms with Gasteiger partial charge in [-0.2, -0.15) is 0 Å². The average molecular weight is 543 g/mol. The lowest BCUT2D eigenvalue weighted by molar-refractivity contribution is 0.00711. The van der Waals surface area contributed by atoms with Crippen molar-refractivity contribution in [3.05, 3.63) is 59.2 Å². The molecule has 208 valence electrons. The summed E-state index contributed by atoms with van der Waals surface area (Å²) in [5, 5.41) is 0. The van der Waals surface area contributed by atoms with E-state index in [1.807, 2.05) is 77.9 Å². The van der Waals surface area contributed by atoms with Crippen LogP contribution in [0.2, 0.25) is 0 Å². The largest absolute Gasteiger partial charge is 0.598 e. The quantitative estimate of drug-likeness (QED) is 0.455. The van der Waals surface area contributed by atoms with Gasteiger partial charge in [0.15, 0.2) is 0 Å². The van der Waals surface area contributed by atoms with Crippen LogP contribution in [0.1, 0.15) is 77.1 Å². The first-order chi connectivity index (χ1) is 17.8. The molecule has 0 saturated carbocycles. The zero-order valence-electron chi connectivity index (χ0n) is 23.8. The van der Waals surface area contributed by atoms with Gasteiger partial charge < -0.3 is 23.7 Å². The molecule has 1 amide bonds. The summed E-state index contributed by atoms with van der Waals surface area (Å²) in [5.41, 5.74) is 2.67. The SMILES string of the molecule is COc1ccc(COc2cccc3c2CC2(CCN(C(=O)OC(C)(C)C)CC2)[C@@H]3N[S@+]([O-])C(C)(C)C)cc1. The Labute approximate surface area is 230 Å². The molecule has 1 fully saturated rings. The molecule has 1 N–H and O–H groups in total. The molecule has 1 heterocycles. The Hall–Kier alpha value is -2.42. The fraction of sp³-hybridized carbons (Fsp3) is 0.567. The van der Waals surface area contributed by atoms with Gasteiger partial charge in [-0.25, -0.2) is 4.79 Å². The Kier molecular flexibility index (Phi) is 8.26. The van der Waals surface area contributed by atoms with Crippen LogP contribution in [0.25, 0.3) is 0 Å². The Bertz CT molecular complexity index is 1110. The third-order valence-corrected chi connectivity index (χ3v) is 8.93. The zero-order chi connectivity index (χ0) is 27.7. The van der Waals surface area contributed by atoms with Crippen molar-refractivity contribution in [2.45, 2.75) is 83.8 Å². The molecule has 2 aromatic carbocycles. The first-order valence-electron chi connectivity index (χ1n) is 13.3. The lowest BCUT2D eigenvalue weighted by Gasteiger charge is -2.43. The maximum absolute atomic E-state index is 13.3. The first kappa shape index (κ1) is 28.6. The van der Waals surface area contributed by atoms with Crippen LogP contribution in [0.5, 0.6) is 11.5 Å². The highest BCUT2D eigenvalue weighted by molar-refractivity contribution is 7.90. The van der Waals surface area contributed by atoms with E-state index in [1.165, 1.54) is 0 Å². The van der Waals surface area contributed by atoms with Crippen molar-refractivity contribution in [1.82, 2.24) is 9.62 Å². The number of benzene rings is 2. The van der Waals surface area contributed by atoms with Crippen LogP contribution in [0.15, 0.2) is 42.5 Å². The van der Waals surface area contributed by atoms with E-state index in [-0.39, 0.29) is 17.6 Å². The van der Waals surface area contributed by atoms with Crippen LogP contribution < -0.4 is 14.2 Å². The van der Waals surface area contributed by atoms with Crippen molar-refractivity contribution in [2.24, 2.45) is 5.41 Å². The molecule has 1 aliphatic heterocycles. The summed E-state index contributed by atoms with van der Waals surface area (Å²) in [7, 11) is 1.66. The highest BCUT2D eigenvalue weighted by Crippen LogP contribution is 2.54. The van der Waals surface area contributed by atoms with E-state index >= 15 is 0 Å². The molecule has 2 aliphatic rings. The molecule has 7 nitrogen and oxygen atoms in total. The van der Waals surface area contributed by atoms with E-state index in [9.17, 15) is 9.35 Å². The predicted molar refractivity (Wildman–Crippen MR) is 151 cm³/mol. The molecule has 2 aromatic rings. The van der Waals surface area contributed by atoms with Gasteiger partial charge in [0.25, 0.3) is 0 Å². The molecule has 1 aliphatic carbocycles. The van der Waals surface area contributed by atoms with Gasteiger partial charge >= 0.3 is 6.09 Å². The van der Waals surface area contributed by atoms with E-state index in [2.05, 4.69) is 10.8 Å². The van der Waals surface area contributed by atoms with Crippen LogP contribution in [-0.2, 0) is 29.1 Å². The second-order valence-electron chi connectivity index (χ2n) is 12.4. The summed E-state index contributed by atoms with van der Waals surface area (Å²) in [6, 6.07) is 14.0. The number of carbonyl (C=O) groups is 1. The van der Waals surface area contributed by atoms with Crippen molar-refractivity contribution in [3.63, 3.8) is 0 Å². The molecule has 1 spiro atoms. The van der Waals surface area contributed by atoms with Crippen molar-refractivity contribution in [3.8, 4) is 11.5 Å². The molecular weight excluding hydrogens is 500 g/mol. The van der Waals surface area contributed by atoms with Gasteiger partial charge in [-0.05, 0) is 95.7 Å². The van der Waals surface area contributed by atoms with Gasteiger partial charge in [0, 0.05) is 29.9 Å². The van der Waals surface area contributed by atoms with Gasteiger partial charge in [-0.1, -0.05) is 24.3 Å². The maximum atomic E-state index is 13.3. The molecule has 0 unspecified atom stereocenters. The Balaban J connectivity index is 1.57. The first-order valence-corrected chi connectivity index (χ1v) is 14.5. The summed E-state index contributed by atoms with van der Waals surface area (Å²) in [6.45, 7) is 13.3. The molecule has 0 radical (unpaired) electrons. The van der Waals surface area contributed by atoms with E-state index < -0.39 is 21.7 Å². The second kappa shape index (κ2) is 11.0. The minimum absolute atomic E-state index is 0.0946. The second-order valence-corrected chi connectivity index (χ2v) is 14.4. The fourth-order valence-electron chi connectivity index (χ4n) is 5.24. The topological polar surface area (TPSA) is 83.1 Å². The lowest BCUT2D eigenvalue weighted by Crippen LogP contribution is -2.51. The lowest BCUT2D eigenvalue weighted by atomic mass is 9.73. The van der Waals surface area contributed by atoms with Crippen LogP contribution in [0, 0.1) is 5.41 Å². The predicted octanol–water partition coefficient (Wildman–Crippen LogP) is 5.94. The Morgan fingerprint density at radius 2 is 1.74 bits per heavy atom. The number of fused-ring (bicyclic) bond motifs is 1. The zero-order valence-corrected chi connectivity index (χ0v) is 24.6. The number of carbonyl (C=O) groups excluding carboxylic acids is 1. The average Bonchev–Trinajstić information content (AvgIpc) is 3.14. The summed E-state index contributed by atoms with van der Waals surface area (Å²) < 4.78 is 33.6. The number of methoxy groups -OCH3 is 1. The summed E-state index contributed by atoms with van der Waals surface area (Å²) >= 11 is -1.24. The Morgan fingerprint density at radius 1 is 1.08 bits per heavy atom. The molecule has 0 bridgehead atoms. The standard InChI is InChI=1S/C30H42N2O5S/c1-28(2,3)37-27(33)32-17-15-30(16-18-32)19-24-23(26(30)31-38(34)29(4,5)6)9-8-10-25(24)36-20-21-11-13-22(35-7)14-12-21/h8-14,26,31H,15-20H2,1-7H3/t26-,38-/m1/s1. The number of ether oxygens (including phenoxy) is 3. The van der Waals surface area contributed by atoms with Crippen LogP contribution >= 0.6 is 0 Å². The van der Waals surface area contributed by atoms with E-state index in [4.69, 9.17) is 14.2 Å². The van der Waals surface area contributed by atoms with Gasteiger partial charge in [0.2, 0.25) is 0 Å². The molecule has 2 atom stereocenters. The molecular formula is C30H42N2O5S. The van der Waals surface area contributed by atoms with Crippen molar-refractivity contribution < 1.29 is 23.6 Å². The number of amides is 1.